The molecule has 20 heavy (non-hydrogen) atoms. The number of nitrogens with zero attached hydrogens (tertiary/aromatic N) is 1. The van der Waals surface area contributed by atoms with Crippen LogP contribution in [0.4, 0.5) is 0 Å². The highest BCUT2D eigenvalue weighted by Crippen LogP contribution is 2.30. The summed E-state index contributed by atoms with van der Waals surface area (Å²) < 4.78 is 0. The zero-order valence-corrected chi connectivity index (χ0v) is 12.4. The summed E-state index contributed by atoms with van der Waals surface area (Å²) in [5, 5.41) is 8.88. The fourth-order valence-corrected chi connectivity index (χ4v) is 2.70. The predicted molar refractivity (Wildman–Crippen MR) is 78.8 cm³/mol. The standard InChI is InChI=1S/C15H19NO3S/c1-11-2-6-13(7-3-11)20-10-14(17)16(9-15(18)19)8-12-4-5-12/h2-3,6-7,12H,4-5,8-10H2,1H3,(H,18,19). The normalized spacial score (nSPS) is 14.1. The van der Waals surface area contributed by atoms with E-state index in [9.17, 15) is 9.59 Å². The van der Waals surface area contributed by atoms with Crippen molar-refractivity contribution in [3.8, 4) is 0 Å². The number of thioether (sulfide) groups is 1. The van der Waals surface area contributed by atoms with E-state index >= 15 is 0 Å². The summed E-state index contributed by atoms with van der Waals surface area (Å²) in [6, 6.07) is 7.98. The molecule has 0 radical (unpaired) electrons. The largest absolute Gasteiger partial charge is 0.480 e. The lowest BCUT2D eigenvalue weighted by molar-refractivity contribution is -0.143. The molecule has 1 aliphatic carbocycles. The summed E-state index contributed by atoms with van der Waals surface area (Å²) in [4.78, 5) is 25.5. The van der Waals surface area contributed by atoms with Crippen LogP contribution in [0.5, 0.6) is 0 Å². The van der Waals surface area contributed by atoms with Crippen LogP contribution in [0.15, 0.2) is 29.2 Å². The van der Waals surface area contributed by atoms with Crippen molar-refractivity contribution in [3.05, 3.63) is 29.8 Å². The zero-order chi connectivity index (χ0) is 14.5. The molecule has 0 atom stereocenters. The molecule has 0 saturated heterocycles. The molecule has 1 N–H and O–H groups in total. The Morgan fingerprint density at radius 3 is 2.50 bits per heavy atom. The molecule has 1 aromatic carbocycles. The lowest BCUT2D eigenvalue weighted by Crippen LogP contribution is -2.38. The Morgan fingerprint density at radius 1 is 1.30 bits per heavy atom. The van der Waals surface area contributed by atoms with Gasteiger partial charge in [0.25, 0.3) is 0 Å². The number of rotatable bonds is 7. The molecule has 0 aromatic heterocycles. The molecule has 1 fully saturated rings. The Hall–Kier alpha value is -1.49. The van der Waals surface area contributed by atoms with Crippen molar-refractivity contribution in [1.29, 1.82) is 0 Å². The molecule has 4 nitrogen and oxygen atoms in total. The maximum atomic E-state index is 12.1. The van der Waals surface area contributed by atoms with Gasteiger partial charge in [-0.05, 0) is 37.8 Å². The monoisotopic (exact) mass is 293 g/mol. The van der Waals surface area contributed by atoms with Crippen LogP contribution in [0, 0.1) is 12.8 Å². The van der Waals surface area contributed by atoms with Gasteiger partial charge in [0.1, 0.15) is 6.54 Å². The molecule has 1 aliphatic rings. The average Bonchev–Trinajstić information content (AvgIpc) is 3.20. The minimum atomic E-state index is -0.945. The van der Waals surface area contributed by atoms with E-state index < -0.39 is 5.97 Å². The molecule has 0 unspecified atom stereocenters. The summed E-state index contributed by atoms with van der Waals surface area (Å²) in [7, 11) is 0. The fraction of sp³-hybridized carbons (Fsp3) is 0.467. The molecular weight excluding hydrogens is 274 g/mol. The number of carbonyl (C=O) groups excluding carboxylic acids is 1. The number of amides is 1. The van der Waals surface area contributed by atoms with Crippen molar-refractivity contribution in [1.82, 2.24) is 4.90 Å². The molecule has 0 aliphatic heterocycles. The molecule has 108 valence electrons. The van der Waals surface area contributed by atoms with Crippen molar-refractivity contribution >= 4 is 23.6 Å². The molecule has 5 heteroatoms. The van der Waals surface area contributed by atoms with E-state index in [1.54, 1.807) is 0 Å². The molecule has 0 bridgehead atoms. The lowest BCUT2D eigenvalue weighted by Gasteiger charge is -2.20. The molecule has 0 heterocycles. The quantitative estimate of drug-likeness (QED) is 0.784. The highest BCUT2D eigenvalue weighted by atomic mass is 32.2. The first-order valence-electron chi connectivity index (χ1n) is 6.73. The second-order valence-electron chi connectivity index (χ2n) is 5.21. The van der Waals surface area contributed by atoms with Crippen LogP contribution in [-0.2, 0) is 9.59 Å². The molecule has 1 amide bonds. The van der Waals surface area contributed by atoms with Crippen LogP contribution in [0.1, 0.15) is 18.4 Å². The van der Waals surface area contributed by atoms with Crippen molar-refractivity contribution < 1.29 is 14.7 Å². The number of carbonyl (C=O) groups is 2. The summed E-state index contributed by atoms with van der Waals surface area (Å²) in [5.74, 6) is -0.241. The van der Waals surface area contributed by atoms with E-state index in [0.717, 1.165) is 17.7 Å². The van der Waals surface area contributed by atoms with Crippen LogP contribution < -0.4 is 0 Å². The van der Waals surface area contributed by atoms with Crippen LogP contribution in [0.2, 0.25) is 0 Å². The molecule has 0 spiro atoms. The number of hydrogen-bond donors (Lipinski definition) is 1. The van der Waals surface area contributed by atoms with Crippen molar-refractivity contribution in [3.63, 3.8) is 0 Å². The second-order valence-corrected chi connectivity index (χ2v) is 6.26. The fourth-order valence-electron chi connectivity index (χ4n) is 1.90. The smallest absolute Gasteiger partial charge is 0.323 e. The second kappa shape index (κ2) is 6.79. The summed E-state index contributed by atoms with van der Waals surface area (Å²) in [6.07, 6.45) is 2.21. The SMILES string of the molecule is Cc1ccc(SCC(=O)N(CC(=O)O)CC2CC2)cc1. The number of carboxylic acids is 1. The molecule has 1 aromatic rings. The number of aliphatic carboxylic acids is 1. The van der Waals surface area contributed by atoms with Gasteiger partial charge in [-0.25, -0.2) is 0 Å². The van der Waals surface area contributed by atoms with Gasteiger partial charge in [0.2, 0.25) is 5.91 Å². The summed E-state index contributed by atoms with van der Waals surface area (Å²) >= 11 is 1.46. The maximum Gasteiger partial charge on any atom is 0.323 e. The Labute approximate surface area is 123 Å². The van der Waals surface area contributed by atoms with E-state index in [1.165, 1.54) is 22.2 Å². The molecule has 1 saturated carbocycles. The van der Waals surface area contributed by atoms with E-state index in [2.05, 4.69) is 0 Å². The van der Waals surface area contributed by atoms with Gasteiger partial charge < -0.3 is 10.0 Å². The highest BCUT2D eigenvalue weighted by molar-refractivity contribution is 8.00. The van der Waals surface area contributed by atoms with Gasteiger partial charge in [-0.1, -0.05) is 17.7 Å². The topological polar surface area (TPSA) is 57.6 Å². The summed E-state index contributed by atoms with van der Waals surface area (Å²) in [5.41, 5.74) is 1.18. The van der Waals surface area contributed by atoms with Gasteiger partial charge in [0.05, 0.1) is 5.75 Å². The van der Waals surface area contributed by atoms with Crippen LogP contribution in [-0.4, -0.2) is 40.7 Å². The van der Waals surface area contributed by atoms with E-state index in [0.29, 0.717) is 18.2 Å². The highest BCUT2D eigenvalue weighted by Gasteiger charge is 2.27. The van der Waals surface area contributed by atoms with Crippen LogP contribution in [0.3, 0.4) is 0 Å². The predicted octanol–water partition coefficient (Wildman–Crippen LogP) is 2.41. The minimum absolute atomic E-state index is 0.0927. The van der Waals surface area contributed by atoms with Gasteiger partial charge in [0, 0.05) is 11.4 Å². The number of hydrogen-bond acceptors (Lipinski definition) is 3. The number of benzene rings is 1. The first-order valence-corrected chi connectivity index (χ1v) is 7.72. The Bertz CT molecular complexity index is 482. The van der Waals surface area contributed by atoms with Crippen molar-refractivity contribution in [2.24, 2.45) is 5.92 Å². The van der Waals surface area contributed by atoms with E-state index in [-0.39, 0.29) is 12.5 Å². The van der Waals surface area contributed by atoms with Crippen molar-refractivity contribution in [2.45, 2.75) is 24.7 Å². The van der Waals surface area contributed by atoms with Gasteiger partial charge >= 0.3 is 5.97 Å². The van der Waals surface area contributed by atoms with Gasteiger partial charge in [-0.15, -0.1) is 11.8 Å². The lowest BCUT2D eigenvalue weighted by atomic mass is 10.2. The summed E-state index contributed by atoms with van der Waals surface area (Å²) in [6.45, 7) is 2.41. The first kappa shape index (κ1) is 14.9. The van der Waals surface area contributed by atoms with Crippen LogP contribution in [0.25, 0.3) is 0 Å². The van der Waals surface area contributed by atoms with Gasteiger partial charge in [-0.2, -0.15) is 0 Å². The third kappa shape index (κ3) is 4.89. The van der Waals surface area contributed by atoms with Crippen LogP contribution >= 0.6 is 11.8 Å². The maximum absolute atomic E-state index is 12.1. The third-order valence-electron chi connectivity index (χ3n) is 3.24. The Morgan fingerprint density at radius 2 is 1.95 bits per heavy atom. The third-order valence-corrected chi connectivity index (χ3v) is 4.23. The van der Waals surface area contributed by atoms with Gasteiger partial charge in [-0.3, -0.25) is 9.59 Å². The molecule has 2 rings (SSSR count). The first-order chi connectivity index (χ1) is 9.54. The van der Waals surface area contributed by atoms with E-state index in [4.69, 9.17) is 5.11 Å². The number of aryl methyl sites for hydroxylation is 1. The Balaban J connectivity index is 1.86. The minimum Gasteiger partial charge on any atom is -0.480 e. The average molecular weight is 293 g/mol. The van der Waals surface area contributed by atoms with E-state index in [1.807, 2.05) is 31.2 Å². The van der Waals surface area contributed by atoms with Gasteiger partial charge in [0.15, 0.2) is 0 Å². The Kier molecular flexibility index (Phi) is 5.06. The zero-order valence-electron chi connectivity index (χ0n) is 11.5. The number of carboxylic acid groups (broad SMARTS) is 1. The van der Waals surface area contributed by atoms with Crippen molar-refractivity contribution in [2.75, 3.05) is 18.8 Å². The molecular formula is C15H19NO3S.